The molecule has 3 nitrogen and oxygen atoms in total. The SMILES string of the molecule is O=C1Nc2ccccc2C1=Cc1cccc2[nH]ccc12. The van der Waals surface area contributed by atoms with Gasteiger partial charge in [0.25, 0.3) is 5.91 Å². The molecule has 96 valence electrons. The molecule has 1 aliphatic rings. The first-order chi connectivity index (χ1) is 9.83. The van der Waals surface area contributed by atoms with Gasteiger partial charge in [-0.1, -0.05) is 30.3 Å². The van der Waals surface area contributed by atoms with E-state index in [-0.39, 0.29) is 5.91 Å². The van der Waals surface area contributed by atoms with Crippen molar-refractivity contribution in [1.29, 1.82) is 0 Å². The van der Waals surface area contributed by atoms with Crippen LogP contribution in [0, 0.1) is 0 Å². The number of nitrogens with one attached hydrogen (secondary N) is 2. The van der Waals surface area contributed by atoms with E-state index in [1.807, 2.05) is 60.8 Å². The number of carbonyl (C=O) groups is 1. The largest absolute Gasteiger partial charge is 0.361 e. The van der Waals surface area contributed by atoms with Gasteiger partial charge in [0.05, 0.1) is 0 Å². The van der Waals surface area contributed by atoms with Crippen molar-refractivity contribution in [2.24, 2.45) is 0 Å². The highest BCUT2D eigenvalue weighted by atomic mass is 16.2. The lowest BCUT2D eigenvalue weighted by Crippen LogP contribution is -2.03. The normalized spacial score (nSPS) is 15.6. The van der Waals surface area contributed by atoms with Crippen LogP contribution < -0.4 is 5.32 Å². The first-order valence-corrected chi connectivity index (χ1v) is 6.51. The first-order valence-electron chi connectivity index (χ1n) is 6.51. The Morgan fingerprint density at radius 3 is 2.80 bits per heavy atom. The summed E-state index contributed by atoms with van der Waals surface area (Å²) in [6, 6.07) is 15.8. The summed E-state index contributed by atoms with van der Waals surface area (Å²) in [6.45, 7) is 0. The molecule has 20 heavy (non-hydrogen) atoms. The molecule has 0 atom stereocenters. The standard InChI is InChI=1S/C17H12N2O/c20-17-14(13-5-1-2-6-16(13)19-17)10-11-4-3-7-15-12(11)8-9-18-15/h1-10,18H,(H,19,20). The third-order valence-electron chi connectivity index (χ3n) is 3.64. The number of rotatable bonds is 1. The number of hydrogen-bond donors (Lipinski definition) is 2. The second kappa shape index (κ2) is 4.10. The molecule has 0 bridgehead atoms. The number of H-pyrrole nitrogens is 1. The maximum absolute atomic E-state index is 12.1. The molecule has 1 aromatic heterocycles. The monoisotopic (exact) mass is 260 g/mol. The number of para-hydroxylation sites is 1. The quantitative estimate of drug-likeness (QED) is 0.644. The zero-order valence-corrected chi connectivity index (χ0v) is 10.7. The molecule has 0 fully saturated rings. The smallest absolute Gasteiger partial charge is 0.256 e. The highest BCUT2D eigenvalue weighted by molar-refractivity contribution is 6.35. The Hall–Kier alpha value is -2.81. The lowest BCUT2D eigenvalue weighted by atomic mass is 10.0. The van der Waals surface area contributed by atoms with Gasteiger partial charge >= 0.3 is 0 Å². The average molecular weight is 260 g/mol. The second-order valence-corrected chi connectivity index (χ2v) is 4.84. The Balaban J connectivity index is 1.93. The molecular weight excluding hydrogens is 248 g/mol. The lowest BCUT2D eigenvalue weighted by Gasteiger charge is -2.00. The van der Waals surface area contributed by atoms with Crippen molar-refractivity contribution >= 4 is 34.1 Å². The maximum atomic E-state index is 12.1. The Labute approximate surface area is 115 Å². The number of aromatic nitrogens is 1. The molecule has 2 aromatic carbocycles. The Morgan fingerprint density at radius 1 is 0.950 bits per heavy atom. The van der Waals surface area contributed by atoms with Gasteiger partial charge in [-0.2, -0.15) is 0 Å². The fourth-order valence-electron chi connectivity index (χ4n) is 2.67. The number of amides is 1. The van der Waals surface area contributed by atoms with Crippen molar-refractivity contribution in [1.82, 2.24) is 4.98 Å². The third kappa shape index (κ3) is 1.57. The summed E-state index contributed by atoms with van der Waals surface area (Å²) in [4.78, 5) is 15.3. The van der Waals surface area contributed by atoms with Crippen molar-refractivity contribution in [3.05, 3.63) is 65.9 Å². The van der Waals surface area contributed by atoms with Crippen LogP contribution in [0.15, 0.2) is 54.7 Å². The van der Waals surface area contributed by atoms with Crippen LogP contribution in [0.3, 0.4) is 0 Å². The molecule has 0 saturated heterocycles. The van der Waals surface area contributed by atoms with E-state index in [9.17, 15) is 4.79 Å². The molecule has 4 rings (SSSR count). The Kier molecular flexibility index (Phi) is 2.27. The fourth-order valence-corrected chi connectivity index (χ4v) is 2.67. The molecule has 0 saturated carbocycles. The highest BCUT2D eigenvalue weighted by Crippen LogP contribution is 2.33. The predicted molar refractivity (Wildman–Crippen MR) is 81.2 cm³/mol. The van der Waals surface area contributed by atoms with E-state index >= 15 is 0 Å². The van der Waals surface area contributed by atoms with E-state index in [0.717, 1.165) is 27.7 Å². The molecule has 2 heterocycles. The summed E-state index contributed by atoms with van der Waals surface area (Å²) in [5.41, 5.74) is 4.68. The summed E-state index contributed by atoms with van der Waals surface area (Å²) in [5.74, 6) is -0.0428. The number of benzene rings is 2. The minimum Gasteiger partial charge on any atom is -0.361 e. The van der Waals surface area contributed by atoms with E-state index in [0.29, 0.717) is 5.57 Å². The van der Waals surface area contributed by atoms with Gasteiger partial charge in [0.15, 0.2) is 0 Å². The zero-order chi connectivity index (χ0) is 13.5. The molecule has 3 aromatic rings. The molecular formula is C17H12N2O. The minimum absolute atomic E-state index is 0.0428. The molecule has 0 radical (unpaired) electrons. The number of aromatic amines is 1. The van der Waals surface area contributed by atoms with E-state index in [1.54, 1.807) is 0 Å². The van der Waals surface area contributed by atoms with Crippen LogP contribution in [0.25, 0.3) is 22.6 Å². The molecule has 1 amide bonds. The fraction of sp³-hybridized carbons (Fsp3) is 0. The zero-order valence-electron chi connectivity index (χ0n) is 10.7. The summed E-state index contributed by atoms with van der Waals surface area (Å²) in [5, 5.41) is 4.02. The predicted octanol–water partition coefficient (Wildman–Crippen LogP) is 3.66. The Morgan fingerprint density at radius 2 is 1.85 bits per heavy atom. The van der Waals surface area contributed by atoms with Crippen molar-refractivity contribution in [3.63, 3.8) is 0 Å². The van der Waals surface area contributed by atoms with Crippen molar-refractivity contribution in [3.8, 4) is 0 Å². The first kappa shape index (κ1) is 11.1. The second-order valence-electron chi connectivity index (χ2n) is 4.84. The van der Waals surface area contributed by atoms with Crippen molar-refractivity contribution in [2.45, 2.75) is 0 Å². The van der Waals surface area contributed by atoms with E-state index in [1.165, 1.54) is 0 Å². The summed E-state index contributed by atoms with van der Waals surface area (Å²) in [7, 11) is 0. The maximum Gasteiger partial charge on any atom is 0.256 e. The van der Waals surface area contributed by atoms with Crippen LogP contribution in [0.2, 0.25) is 0 Å². The van der Waals surface area contributed by atoms with Crippen LogP contribution in [0.4, 0.5) is 5.69 Å². The minimum atomic E-state index is -0.0428. The summed E-state index contributed by atoms with van der Waals surface area (Å²) >= 11 is 0. The van der Waals surface area contributed by atoms with Crippen LogP contribution >= 0.6 is 0 Å². The number of hydrogen-bond acceptors (Lipinski definition) is 1. The van der Waals surface area contributed by atoms with Crippen LogP contribution in [-0.2, 0) is 4.79 Å². The van der Waals surface area contributed by atoms with Gasteiger partial charge in [-0.15, -0.1) is 0 Å². The van der Waals surface area contributed by atoms with Gasteiger partial charge in [0.2, 0.25) is 0 Å². The molecule has 3 heteroatoms. The molecule has 0 unspecified atom stereocenters. The molecule has 0 spiro atoms. The Bertz CT molecular complexity index is 858. The van der Waals surface area contributed by atoms with Gasteiger partial charge in [0.1, 0.15) is 0 Å². The van der Waals surface area contributed by atoms with Crippen LogP contribution in [0.1, 0.15) is 11.1 Å². The number of fused-ring (bicyclic) bond motifs is 2. The molecule has 1 aliphatic heterocycles. The van der Waals surface area contributed by atoms with E-state index < -0.39 is 0 Å². The van der Waals surface area contributed by atoms with Gasteiger partial charge in [0, 0.05) is 33.9 Å². The highest BCUT2D eigenvalue weighted by Gasteiger charge is 2.23. The lowest BCUT2D eigenvalue weighted by molar-refractivity contribution is -0.110. The van der Waals surface area contributed by atoms with Crippen molar-refractivity contribution < 1.29 is 4.79 Å². The average Bonchev–Trinajstić information content (AvgIpc) is 3.05. The van der Waals surface area contributed by atoms with Gasteiger partial charge in [-0.3, -0.25) is 4.79 Å². The van der Waals surface area contributed by atoms with Crippen LogP contribution in [-0.4, -0.2) is 10.9 Å². The van der Waals surface area contributed by atoms with Gasteiger partial charge in [-0.25, -0.2) is 0 Å². The summed E-state index contributed by atoms with van der Waals surface area (Å²) < 4.78 is 0. The molecule has 2 N–H and O–H groups in total. The van der Waals surface area contributed by atoms with E-state index in [2.05, 4.69) is 10.3 Å². The number of anilines is 1. The van der Waals surface area contributed by atoms with Crippen LogP contribution in [0.5, 0.6) is 0 Å². The number of carbonyl (C=O) groups excluding carboxylic acids is 1. The molecule has 0 aliphatic carbocycles. The topological polar surface area (TPSA) is 44.9 Å². The summed E-state index contributed by atoms with van der Waals surface area (Å²) in [6.07, 6.45) is 3.87. The van der Waals surface area contributed by atoms with Crippen molar-refractivity contribution in [2.75, 3.05) is 5.32 Å². The third-order valence-corrected chi connectivity index (χ3v) is 3.64. The van der Waals surface area contributed by atoms with Gasteiger partial charge < -0.3 is 10.3 Å². The van der Waals surface area contributed by atoms with Gasteiger partial charge in [-0.05, 0) is 29.8 Å². The van der Waals surface area contributed by atoms with E-state index in [4.69, 9.17) is 0 Å².